The average molecular weight is 290 g/mol. The van der Waals surface area contributed by atoms with Crippen molar-refractivity contribution < 1.29 is 14.6 Å². The van der Waals surface area contributed by atoms with Crippen molar-refractivity contribution in [2.75, 3.05) is 0 Å². The molecule has 7 nitrogen and oxygen atoms in total. The molecule has 0 bridgehead atoms. The molecular weight excluding hydrogens is 284 g/mol. The number of para-hydroxylation sites is 2. The van der Waals surface area contributed by atoms with E-state index < -0.39 is 9.85 Å². The molecule has 100 valence electrons. The highest BCUT2D eigenvalue weighted by Gasteiger charge is 2.30. The van der Waals surface area contributed by atoms with Gasteiger partial charge in [0.2, 0.25) is 11.5 Å². The van der Waals surface area contributed by atoms with Gasteiger partial charge in [-0.1, -0.05) is 23.9 Å². The molecule has 3 rings (SSSR count). The van der Waals surface area contributed by atoms with Crippen LogP contribution in [0.25, 0.3) is 0 Å². The van der Waals surface area contributed by atoms with Gasteiger partial charge in [0.25, 0.3) is 0 Å². The van der Waals surface area contributed by atoms with Crippen LogP contribution >= 0.6 is 11.8 Å². The number of nitro benzene ring substituents is 2. The van der Waals surface area contributed by atoms with E-state index in [1.54, 1.807) is 24.3 Å². The van der Waals surface area contributed by atoms with Crippen LogP contribution in [-0.2, 0) is 0 Å². The van der Waals surface area contributed by atoms with Crippen molar-refractivity contribution in [2.45, 2.75) is 9.79 Å². The Bertz CT molecular complexity index is 685. The number of nitro groups is 2. The van der Waals surface area contributed by atoms with Crippen molar-refractivity contribution in [2.24, 2.45) is 0 Å². The van der Waals surface area contributed by atoms with E-state index >= 15 is 0 Å². The van der Waals surface area contributed by atoms with Crippen LogP contribution in [-0.4, -0.2) is 9.85 Å². The third-order valence-electron chi connectivity index (χ3n) is 2.73. The lowest BCUT2D eigenvalue weighted by Crippen LogP contribution is -2.02. The van der Waals surface area contributed by atoms with Crippen molar-refractivity contribution in [1.82, 2.24) is 0 Å². The number of benzene rings is 2. The highest BCUT2D eigenvalue weighted by Crippen LogP contribution is 2.53. The Hall–Kier alpha value is -2.61. The van der Waals surface area contributed by atoms with Crippen molar-refractivity contribution in [1.29, 1.82) is 0 Å². The Balaban J connectivity index is 2.18. The van der Waals surface area contributed by atoms with Gasteiger partial charge in [0.05, 0.1) is 19.6 Å². The van der Waals surface area contributed by atoms with Crippen LogP contribution in [0.5, 0.6) is 11.5 Å². The summed E-state index contributed by atoms with van der Waals surface area (Å²) in [5.74, 6) is 0.0913. The van der Waals surface area contributed by atoms with Crippen molar-refractivity contribution in [3.63, 3.8) is 0 Å². The van der Waals surface area contributed by atoms with Crippen LogP contribution in [0.2, 0.25) is 0 Å². The van der Waals surface area contributed by atoms with Gasteiger partial charge in [-0.25, -0.2) is 0 Å². The maximum absolute atomic E-state index is 11.0. The number of nitrogens with zero attached hydrogens (tertiary/aromatic N) is 2. The normalized spacial score (nSPS) is 12.0. The van der Waals surface area contributed by atoms with Gasteiger partial charge < -0.3 is 4.74 Å². The largest absolute Gasteiger partial charge is 0.440 e. The summed E-state index contributed by atoms with van der Waals surface area (Å²) in [7, 11) is 0. The second-order valence-corrected chi connectivity index (χ2v) is 5.01. The molecule has 0 unspecified atom stereocenters. The molecule has 2 aromatic carbocycles. The zero-order valence-corrected chi connectivity index (χ0v) is 10.6. The second kappa shape index (κ2) is 4.49. The van der Waals surface area contributed by atoms with Gasteiger partial charge in [0.1, 0.15) is 0 Å². The molecule has 20 heavy (non-hydrogen) atoms. The van der Waals surface area contributed by atoms with E-state index in [0.29, 0.717) is 9.79 Å². The second-order valence-electron chi connectivity index (χ2n) is 3.93. The highest BCUT2D eigenvalue weighted by molar-refractivity contribution is 7.99. The lowest BCUT2D eigenvalue weighted by molar-refractivity contribution is -0.387. The predicted molar refractivity (Wildman–Crippen MR) is 70.4 cm³/mol. The molecule has 1 aliphatic rings. The minimum absolute atomic E-state index is 0.0456. The van der Waals surface area contributed by atoms with Crippen LogP contribution in [0.1, 0.15) is 0 Å². The Kier molecular flexibility index (Phi) is 2.79. The van der Waals surface area contributed by atoms with Gasteiger partial charge in [-0.3, -0.25) is 20.2 Å². The summed E-state index contributed by atoms with van der Waals surface area (Å²) < 4.78 is 5.46. The molecule has 0 radical (unpaired) electrons. The van der Waals surface area contributed by atoms with Crippen molar-refractivity contribution in [3.05, 3.63) is 56.6 Å². The average Bonchev–Trinajstić information content (AvgIpc) is 2.43. The molecule has 8 heteroatoms. The SMILES string of the molecule is O=[N+]([O-])c1cccc2c1Oc1c(cccc1[N+](=O)[O-])S2. The molecule has 0 spiro atoms. The number of fused-ring (bicyclic) bond motifs is 2. The first kappa shape index (κ1) is 12.4. The molecule has 2 aromatic rings. The van der Waals surface area contributed by atoms with Gasteiger partial charge in [0.15, 0.2) is 0 Å². The van der Waals surface area contributed by atoms with Crippen molar-refractivity contribution in [3.8, 4) is 11.5 Å². The molecule has 1 aliphatic heterocycles. The number of hydrogen-bond acceptors (Lipinski definition) is 6. The van der Waals surface area contributed by atoms with E-state index in [0.717, 1.165) is 0 Å². The van der Waals surface area contributed by atoms with E-state index in [9.17, 15) is 20.2 Å². The van der Waals surface area contributed by atoms with Crippen LogP contribution in [0.4, 0.5) is 11.4 Å². The summed E-state index contributed by atoms with van der Waals surface area (Å²) in [4.78, 5) is 22.0. The van der Waals surface area contributed by atoms with Gasteiger partial charge in [0, 0.05) is 12.1 Å². The molecule has 0 fully saturated rings. The lowest BCUT2D eigenvalue weighted by atomic mass is 10.2. The third-order valence-corrected chi connectivity index (χ3v) is 3.82. The number of hydrogen-bond donors (Lipinski definition) is 0. The zero-order chi connectivity index (χ0) is 14.3. The fourth-order valence-corrected chi connectivity index (χ4v) is 2.89. The number of rotatable bonds is 2. The zero-order valence-electron chi connectivity index (χ0n) is 9.81. The molecule has 0 amide bonds. The van der Waals surface area contributed by atoms with Crippen molar-refractivity contribution >= 4 is 23.1 Å². The van der Waals surface area contributed by atoms with Gasteiger partial charge in [-0.05, 0) is 12.1 Å². The van der Waals surface area contributed by atoms with Crippen LogP contribution < -0.4 is 4.74 Å². The Morgan fingerprint density at radius 1 is 0.850 bits per heavy atom. The highest BCUT2D eigenvalue weighted by atomic mass is 32.2. The van der Waals surface area contributed by atoms with Gasteiger partial charge in [-0.15, -0.1) is 0 Å². The Labute approximate surface area is 116 Å². The van der Waals surface area contributed by atoms with Crippen LogP contribution in [0.3, 0.4) is 0 Å². The topological polar surface area (TPSA) is 95.5 Å². The Morgan fingerprint density at radius 2 is 1.30 bits per heavy atom. The molecule has 1 heterocycles. The summed E-state index contributed by atoms with van der Waals surface area (Å²) in [5, 5.41) is 22.0. The molecule has 0 saturated heterocycles. The summed E-state index contributed by atoms with van der Waals surface area (Å²) in [6.45, 7) is 0. The molecule has 0 aromatic heterocycles. The maximum Gasteiger partial charge on any atom is 0.312 e. The molecular formula is C12H6N2O5S. The fourth-order valence-electron chi connectivity index (χ4n) is 1.88. The van der Waals surface area contributed by atoms with E-state index in [-0.39, 0.29) is 22.9 Å². The smallest absolute Gasteiger partial charge is 0.312 e. The van der Waals surface area contributed by atoms with E-state index in [1.165, 1.54) is 23.9 Å². The minimum atomic E-state index is -0.570. The summed E-state index contributed by atoms with van der Waals surface area (Å²) >= 11 is 1.21. The van der Waals surface area contributed by atoms with E-state index in [4.69, 9.17) is 4.74 Å². The first-order valence-electron chi connectivity index (χ1n) is 5.48. The predicted octanol–water partition coefficient (Wildman–Crippen LogP) is 3.76. The first-order chi connectivity index (χ1) is 9.58. The molecule has 0 N–H and O–H groups in total. The Morgan fingerprint density at radius 3 is 1.70 bits per heavy atom. The van der Waals surface area contributed by atoms with Gasteiger partial charge >= 0.3 is 11.4 Å². The quantitative estimate of drug-likeness (QED) is 0.526. The third kappa shape index (κ3) is 1.86. The summed E-state index contributed by atoms with van der Waals surface area (Å²) in [5.41, 5.74) is -0.419. The number of ether oxygens (including phenoxy) is 1. The molecule has 0 atom stereocenters. The summed E-state index contributed by atoms with van der Waals surface area (Å²) in [6, 6.07) is 9.06. The molecule has 0 saturated carbocycles. The van der Waals surface area contributed by atoms with Gasteiger partial charge in [-0.2, -0.15) is 0 Å². The standard InChI is InChI=1S/C12H6N2O5S/c15-13(16)7-3-1-5-9-11(7)19-12-8(14(17)18)4-2-6-10(12)20-9/h1-6H. The minimum Gasteiger partial charge on any atom is -0.440 e. The maximum atomic E-state index is 11.0. The van der Waals surface area contributed by atoms with Crippen LogP contribution in [0.15, 0.2) is 46.2 Å². The van der Waals surface area contributed by atoms with Crippen LogP contribution in [0, 0.1) is 20.2 Å². The fraction of sp³-hybridized carbons (Fsp3) is 0. The first-order valence-corrected chi connectivity index (χ1v) is 6.30. The van der Waals surface area contributed by atoms with E-state index in [2.05, 4.69) is 0 Å². The van der Waals surface area contributed by atoms with E-state index in [1.807, 2.05) is 0 Å². The lowest BCUT2D eigenvalue weighted by Gasteiger charge is -2.18. The summed E-state index contributed by atoms with van der Waals surface area (Å²) in [6.07, 6.45) is 0. The monoisotopic (exact) mass is 290 g/mol. The molecule has 0 aliphatic carbocycles.